The molecular weight excluding hydrogens is 338 g/mol. The van der Waals surface area contributed by atoms with Crippen LogP contribution in [0.4, 0.5) is 4.79 Å². The molecule has 1 aromatic carbocycles. The number of rotatable bonds is 8. The minimum atomic E-state index is -0.832. The highest BCUT2D eigenvalue weighted by Gasteiger charge is 2.35. The van der Waals surface area contributed by atoms with Crippen LogP contribution in [0.3, 0.4) is 0 Å². The molecule has 8 heteroatoms. The number of likely N-dealkylation sites (N-methyl/N-ethyl adjacent to an activating group) is 1. The standard InChI is InChI=1S/C18H27N3O5/c1-4-21(11-17(23)24)14-8-13(9-14)19-18(25)20(2)10-12-5-6-16(26-3)15(22)7-12/h5-7,13-14,22H,4,8-11H2,1-3H3,(H,19,25)(H,23,24). The summed E-state index contributed by atoms with van der Waals surface area (Å²) in [6.45, 7) is 3.01. The summed E-state index contributed by atoms with van der Waals surface area (Å²) in [5.41, 5.74) is 0.797. The third-order valence-electron chi connectivity index (χ3n) is 4.71. The van der Waals surface area contributed by atoms with Crippen molar-refractivity contribution < 1.29 is 24.5 Å². The van der Waals surface area contributed by atoms with Gasteiger partial charge in [-0.25, -0.2) is 4.79 Å². The van der Waals surface area contributed by atoms with Crippen LogP contribution in [-0.4, -0.2) is 71.3 Å². The van der Waals surface area contributed by atoms with Crippen molar-refractivity contribution in [3.63, 3.8) is 0 Å². The van der Waals surface area contributed by atoms with Crippen LogP contribution in [0.1, 0.15) is 25.3 Å². The van der Waals surface area contributed by atoms with E-state index in [1.165, 1.54) is 7.11 Å². The number of methoxy groups -OCH3 is 1. The molecule has 1 fully saturated rings. The minimum absolute atomic E-state index is 0.0305. The minimum Gasteiger partial charge on any atom is -0.504 e. The Hall–Kier alpha value is -2.48. The number of amides is 2. The number of nitrogens with one attached hydrogen (secondary N) is 1. The lowest BCUT2D eigenvalue weighted by atomic mass is 9.85. The fourth-order valence-electron chi connectivity index (χ4n) is 3.14. The van der Waals surface area contributed by atoms with Crippen molar-refractivity contribution >= 4 is 12.0 Å². The predicted molar refractivity (Wildman–Crippen MR) is 96.4 cm³/mol. The number of aliphatic carboxylic acids is 1. The fraction of sp³-hybridized carbons (Fsp3) is 0.556. The molecule has 26 heavy (non-hydrogen) atoms. The van der Waals surface area contributed by atoms with Gasteiger partial charge >= 0.3 is 12.0 Å². The lowest BCUT2D eigenvalue weighted by Crippen LogP contribution is -2.56. The topological polar surface area (TPSA) is 102 Å². The molecule has 0 atom stereocenters. The maximum absolute atomic E-state index is 12.3. The number of carbonyl (C=O) groups is 2. The van der Waals surface area contributed by atoms with Crippen molar-refractivity contribution in [2.24, 2.45) is 0 Å². The second-order valence-electron chi connectivity index (χ2n) is 6.59. The fourth-order valence-corrected chi connectivity index (χ4v) is 3.14. The molecule has 0 aliphatic heterocycles. The maximum Gasteiger partial charge on any atom is 0.317 e. The summed E-state index contributed by atoms with van der Waals surface area (Å²) in [5, 5.41) is 21.7. The Labute approximate surface area is 153 Å². The lowest BCUT2D eigenvalue weighted by Gasteiger charge is -2.42. The van der Waals surface area contributed by atoms with Crippen molar-refractivity contribution in [1.82, 2.24) is 15.1 Å². The van der Waals surface area contributed by atoms with Gasteiger partial charge in [0.1, 0.15) is 0 Å². The number of phenolic OH excluding ortho intramolecular Hbond substituents is 1. The lowest BCUT2D eigenvalue weighted by molar-refractivity contribution is -0.139. The summed E-state index contributed by atoms with van der Waals surface area (Å²) < 4.78 is 5.01. The molecule has 144 valence electrons. The van der Waals surface area contributed by atoms with Crippen LogP contribution in [-0.2, 0) is 11.3 Å². The van der Waals surface area contributed by atoms with Gasteiger partial charge in [0.25, 0.3) is 0 Å². The SMILES string of the molecule is CCN(CC(=O)O)C1CC(NC(=O)N(C)Cc2ccc(OC)c(O)c2)C1. The van der Waals surface area contributed by atoms with E-state index in [-0.39, 0.29) is 30.4 Å². The molecule has 8 nitrogen and oxygen atoms in total. The van der Waals surface area contributed by atoms with E-state index >= 15 is 0 Å². The Kier molecular flexibility index (Phi) is 6.68. The highest BCUT2D eigenvalue weighted by atomic mass is 16.5. The Morgan fingerprint density at radius 3 is 2.58 bits per heavy atom. The van der Waals surface area contributed by atoms with Gasteiger partial charge < -0.3 is 25.2 Å². The van der Waals surface area contributed by atoms with Crippen molar-refractivity contribution in [3.8, 4) is 11.5 Å². The van der Waals surface area contributed by atoms with Gasteiger partial charge in [0.2, 0.25) is 0 Å². The van der Waals surface area contributed by atoms with Gasteiger partial charge in [0.15, 0.2) is 11.5 Å². The molecule has 0 unspecified atom stereocenters. The number of hydrogen-bond acceptors (Lipinski definition) is 5. The monoisotopic (exact) mass is 365 g/mol. The van der Waals surface area contributed by atoms with E-state index in [0.29, 0.717) is 18.8 Å². The molecule has 0 aromatic heterocycles. The number of urea groups is 1. The van der Waals surface area contributed by atoms with Crippen molar-refractivity contribution in [1.29, 1.82) is 0 Å². The van der Waals surface area contributed by atoms with Crippen LogP contribution in [0, 0.1) is 0 Å². The third-order valence-corrected chi connectivity index (χ3v) is 4.71. The molecule has 1 aromatic rings. The molecule has 0 saturated heterocycles. The van der Waals surface area contributed by atoms with E-state index < -0.39 is 5.97 Å². The zero-order chi connectivity index (χ0) is 19.3. The predicted octanol–water partition coefficient (Wildman–Crippen LogP) is 1.48. The number of aromatic hydroxyl groups is 1. The van der Waals surface area contributed by atoms with Crippen LogP contribution in [0.2, 0.25) is 0 Å². The summed E-state index contributed by atoms with van der Waals surface area (Å²) in [6.07, 6.45) is 1.51. The number of nitrogens with zero attached hydrogens (tertiary/aromatic N) is 2. The average molecular weight is 365 g/mol. The molecule has 2 amide bonds. The van der Waals surface area contributed by atoms with Crippen molar-refractivity contribution in [2.45, 2.75) is 38.4 Å². The van der Waals surface area contributed by atoms with Gasteiger partial charge in [-0.3, -0.25) is 9.69 Å². The molecule has 3 N–H and O–H groups in total. The second-order valence-corrected chi connectivity index (χ2v) is 6.59. The van der Waals surface area contributed by atoms with E-state index in [4.69, 9.17) is 9.84 Å². The normalized spacial score (nSPS) is 18.9. The highest BCUT2D eigenvalue weighted by molar-refractivity contribution is 5.74. The van der Waals surface area contributed by atoms with Crippen molar-refractivity contribution in [3.05, 3.63) is 23.8 Å². The number of ether oxygens (including phenoxy) is 1. The van der Waals surface area contributed by atoms with Gasteiger partial charge in [-0.2, -0.15) is 0 Å². The number of hydrogen-bond donors (Lipinski definition) is 3. The molecule has 0 spiro atoms. The van der Waals surface area contributed by atoms with Gasteiger partial charge in [-0.15, -0.1) is 0 Å². The van der Waals surface area contributed by atoms with Crippen LogP contribution in [0.5, 0.6) is 11.5 Å². The Morgan fingerprint density at radius 1 is 1.35 bits per heavy atom. The first-order chi connectivity index (χ1) is 12.3. The van der Waals surface area contributed by atoms with Gasteiger partial charge in [0.05, 0.1) is 13.7 Å². The van der Waals surface area contributed by atoms with Crippen molar-refractivity contribution in [2.75, 3.05) is 27.2 Å². The molecular formula is C18H27N3O5. The van der Waals surface area contributed by atoms with E-state index in [1.807, 2.05) is 11.8 Å². The maximum atomic E-state index is 12.3. The molecule has 1 aliphatic carbocycles. The zero-order valence-corrected chi connectivity index (χ0v) is 15.4. The summed E-state index contributed by atoms with van der Waals surface area (Å²) >= 11 is 0. The van der Waals surface area contributed by atoms with Gasteiger partial charge in [0, 0.05) is 25.7 Å². The zero-order valence-electron chi connectivity index (χ0n) is 15.4. The number of carbonyl (C=O) groups excluding carboxylic acids is 1. The largest absolute Gasteiger partial charge is 0.504 e. The number of phenols is 1. The van der Waals surface area contributed by atoms with Crippen LogP contribution >= 0.6 is 0 Å². The number of benzene rings is 1. The summed E-state index contributed by atoms with van der Waals surface area (Å²) in [4.78, 5) is 26.6. The highest BCUT2D eigenvalue weighted by Crippen LogP contribution is 2.27. The van der Waals surface area contributed by atoms with E-state index in [1.54, 1.807) is 30.1 Å². The Balaban J connectivity index is 1.79. The average Bonchev–Trinajstić information content (AvgIpc) is 2.55. The first-order valence-electron chi connectivity index (χ1n) is 8.67. The first-order valence-corrected chi connectivity index (χ1v) is 8.67. The number of carboxylic acid groups (broad SMARTS) is 1. The van der Waals surface area contributed by atoms with Gasteiger partial charge in [-0.05, 0) is 37.1 Å². The number of carboxylic acids is 1. The summed E-state index contributed by atoms with van der Waals surface area (Å²) in [7, 11) is 3.17. The molecule has 0 heterocycles. The molecule has 1 saturated carbocycles. The smallest absolute Gasteiger partial charge is 0.317 e. The second kappa shape index (κ2) is 8.75. The molecule has 2 rings (SSSR count). The van der Waals surface area contributed by atoms with Crippen LogP contribution in [0.15, 0.2) is 18.2 Å². The quantitative estimate of drug-likeness (QED) is 0.645. The first kappa shape index (κ1) is 19.8. The molecule has 0 bridgehead atoms. The Bertz CT molecular complexity index is 646. The van der Waals surface area contributed by atoms with Crippen LogP contribution < -0.4 is 10.1 Å². The van der Waals surface area contributed by atoms with E-state index in [9.17, 15) is 14.7 Å². The summed E-state index contributed by atoms with van der Waals surface area (Å²) in [5.74, 6) is -0.399. The third kappa shape index (κ3) is 5.01. The van der Waals surface area contributed by atoms with E-state index in [0.717, 1.165) is 18.4 Å². The van der Waals surface area contributed by atoms with Crippen LogP contribution in [0.25, 0.3) is 0 Å². The summed E-state index contributed by atoms with van der Waals surface area (Å²) in [6, 6.07) is 5.10. The Morgan fingerprint density at radius 2 is 2.04 bits per heavy atom. The molecule has 0 radical (unpaired) electrons. The van der Waals surface area contributed by atoms with E-state index in [2.05, 4.69) is 5.32 Å². The molecule has 1 aliphatic rings. The van der Waals surface area contributed by atoms with Gasteiger partial charge in [-0.1, -0.05) is 13.0 Å².